The van der Waals surface area contributed by atoms with Gasteiger partial charge in [-0.3, -0.25) is 9.78 Å². The quantitative estimate of drug-likeness (QED) is 0.670. The van der Waals surface area contributed by atoms with Crippen LogP contribution in [0.4, 0.5) is 0 Å². The predicted octanol–water partition coefficient (Wildman–Crippen LogP) is 5.11. The van der Waals surface area contributed by atoms with E-state index in [4.69, 9.17) is 5.73 Å². The molecule has 1 aromatic carbocycles. The lowest BCUT2D eigenvalue weighted by Crippen LogP contribution is -2.29. The molecule has 0 radical (unpaired) electrons. The van der Waals surface area contributed by atoms with E-state index in [0.29, 0.717) is 4.91 Å². The van der Waals surface area contributed by atoms with Crippen molar-refractivity contribution in [1.29, 1.82) is 0 Å². The molecule has 1 amide bonds. The lowest BCUT2D eigenvalue weighted by atomic mass is 10.1. The number of primary amides is 1. The summed E-state index contributed by atoms with van der Waals surface area (Å²) >= 11 is 5.01. The molecule has 0 spiro atoms. The van der Waals surface area contributed by atoms with Crippen LogP contribution in [0.25, 0.3) is 5.70 Å². The fourth-order valence-electron chi connectivity index (χ4n) is 3.32. The van der Waals surface area contributed by atoms with Crippen LogP contribution >= 0.6 is 27.7 Å². The number of aryl methyl sites for hydroxylation is 1. The van der Waals surface area contributed by atoms with E-state index in [1.165, 1.54) is 11.8 Å². The summed E-state index contributed by atoms with van der Waals surface area (Å²) in [5.41, 5.74) is 9.91. The van der Waals surface area contributed by atoms with E-state index in [1.807, 2.05) is 36.5 Å². The van der Waals surface area contributed by atoms with Gasteiger partial charge in [-0.2, -0.15) is 0 Å². The Bertz CT molecular complexity index is 864. The summed E-state index contributed by atoms with van der Waals surface area (Å²) in [6.45, 7) is 6.44. The molecule has 1 unspecified atom stereocenters. The van der Waals surface area contributed by atoms with Gasteiger partial charge in [0.2, 0.25) is 0 Å². The fourth-order valence-corrected chi connectivity index (χ4v) is 5.01. The molecule has 0 saturated carbocycles. The van der Waals surface area contributed by atoms with Gasteiger partial charge in [0.1, 0.15) is 5.37 Å². The second-order valence-corrected chi connectivity index (χ2v) is 8.86. The van der Waals surface area contributed by atoms with Crippen LogP contribution in [0.5, 0.6) is 0 Å². The van der Waals surface area contributed by atoms with Crippen molar-refractivity contribution >= 4 is 39.3 Å². The van der Waals surface area contributed by atoms with Crippen LogP contribution < -0.4 is 5.73 Å². The first-order valence-corrected chi connectivity index (χ1v) is 10.8. The lowest BCUT2D eigenvalue weighted by Gasteiger charge is -2.33. The highest BCUT2D eigenvalue weighted by Crippen LogP contribution is 2.52. The molecule has 3 rings (SSSR count). The molecule has 1 aromatic heterocycles. The second kappa shape index (κ2) is 8.48. The first kappa shape index (κ1) is 20.0. The maximum atomic E-state index is 12.3. The Morgan fingerprint density at radius 1 is 1.30 bits per heavy atom. The number of carbonyl (C=O) groups excluding carboxylic acids is 1. The van der Waals surface area contributed by atoms with E-state index in [1.54, 1.807) is 0 Å². The summed E-state index contributed by atoms with van der Waals surface area (Å²) in [6, 6.07) is 12.4. The Balaban J connectivity index is 2.08. The van der Waals surface area contributed by atoms with Crippen molar-refractivity contribution in [3.8, 4) is 0 Å². The summed E-state index contributed by atoms with van der Waals surface area (Å²) in [5, 5.41) is 0.00440. The van der Waals surface area contributed by atoms with Crippen LogP contribution in [0.1, 0.15) is 49.4 Å². The van der Waals surface area contributed by atoms with Crippen LogP contribution in [-0.4, -0.2) is 21.8 Å². The van der Waals surface area contributed by atoms with Crippen molar-refractivity contribution in [3.63, 3.8) is 0 Å². The second-order valence-electron chi connectivity index (χ2n) is 6.85. The maximum absolute atomic E-state index is 12.3. The van der Waals surface area contributed by atoms with Gasteiger partial charge in [0, 0.05) is 22.4 Å². The molecule has 0 fully saturated rings. The molecule has 2 heterocycles. The van der Waals surface area contributed by atoms with Crippen molar-refractivity contribution < 1.29 is 4.79 Å². The fraction of sp³-hybridized carbons (Fsp3) is 0.333. The SMILES string of the molecule is CCCc1cc(C2SC(C(N)=O)=C(c3ccc(Br)cc3)N2C(C)C)ccn1. The number of hydrogen-bond donors (Lipinski definition) is 1. The van der Waals surface area contributed by atoms with Crippen LogP contribution in [-0.2, 0) is 11.2 Å². The number of nitrogens with zero attached hydrogens (tertiary/aromatic N) is 2. The Labute approximate surface area is 173 Å². The number of halogens is 1. The van der Waals surface area contributed by atoms with Gasteiger partial charge in [-0.05, 0) is 55.7 Å². The standard InChI is InChI=1S/C21H24BrN3OS/c1-4-5-17-12-15(10-11-24-17)21-25(13(2)3)18(19(27-21)20(23)26)14-6-8-16(22)9-7-14/h6-13,21H,4-5H2,1-3H3,(H2,23,26). The van der Waals surface area contributed by atoms with E-state index in [9.17, 15) is 4.79 Å². The molecule has 1 aliphatic rings. The normalized spacial score (nSPS) is 17.1. The zero-order chi connectivity index (χ0) is 19.6. The average Bonchev–Trinajstić information content (AvgIpc) is 3.04. The van der Waals surface area contributed by atoms with Crippen LogP contribution in [0.3, 0.4) is 0 Å². The first-order valence-electron chi connectivity index (χ1n) is 9.12. The highest BCUT2D eigenvalue weighted by molar-refractivity contribution is 9.10. The van der Waals surface area contributed by atoms with Gasteiger partial charge in [0.15, 0.2) is 0 Å². The van der Waals surface area contributed by atoms with E-state index < -0.39 is 0 Å². The molecule has 1 aliphatic heterocycles. The van der Waals surface area contributed by atoms with Gasteiger partial charge < -0.3 is 10.6 Å². The number of amides is 1. The summed E-state index contributed by atoms with van der Waals surface area (Å²) in [6.07, 6.45) is 3.86. The van der Waals surface area contributed by atoms with E-state index >= 15 is 0 Å². The maximum Gasteiger partial charge on any atom is 0.257 e. The zero-order valence-corrected chi connectivity index (χ0v) is 18.2. The summed E-state index contributed by atoms with van der Waals surface area (Å²) in [4.78, 5) is 19.6. The van der Waals surface area contributed by atoms with E-state index in [0.717, 1.165) is 39.8 Å². The molecule has 6 heteroatoms. The Morgan fingerprint density at radius 2 is 2.00 bits per heavy atom. The van der Waals surface area contributed by atoms with Crippen LogP contribution in [0, 0.1) is 0 Å². The number of thioether (sulfide) groups is 1. The van der Waals surface area contributed by atoms with E-state index in [-0.39, 0.29) is 17.3 Å². The largest absolute Gasteiger partial charge is 0.365 e. The third-order valence-corrected chi connectivity index (χ3v) is 6.37. The number of rotatable bonds is 6. The van der Waals surface area contributed by atoms with Crippen molar-refractivity contribution in [2.75, 3.05) is 0 Å². The lowest BCUT2D eigenvalue weighted by molar-refractivity contribution is -0.113. The summed E-state index contributed by atoms with van der Waals surface area (Å²) < 4.78 is 1.00. The molecule has 0 aliphatic carbocycles. The van der Waals surface area contributed by atoms with Crippen LogP contribution in [0.15, 0.2) is 52.0 Å². The number of hydrogen-bond acceptors (Lipinski definition) is 4. The molecular formula is C21H24BrN3OS. The minimum Gasteiger partial charge on any atom is -0.365 e. The van der Waals surface area contributed by atoms with Gasteiger partial charge in [-0.1, -0.05) is 53.2 Å². The van der Waals surface area contributed by atoms with Crippen molar-refractivity contribution in [2.45, 2.75) is 45.0 Å². The van der Waals surface area contributed by atoms with Gasteiger partial charge in [0.25, 0.3) is 5.91 Å². The van der Waals surface area contributed by atoms with Crippen molar-refractivity contribution in [1.82, 2.24) is 9.88 Å². The van der Waals surface area contributed by atoms with E-state index in [2.05, 4.69) is 52.7 Å². The van der Waals surface area contributed by atoms with Gasteiger partial charge >= 0.3 is 0 Å². The highest BCUT2D eigenvalue weighted by atomic mass is 79.9. The Hall–Kier alpha value is -1.79. The van der Waals surface area contributed by atoms with Gasteiger partial charge in [0.05, 0.1) is 10.6 Å². The molecule has 4 nitrogen and oxygen atoms in total. The predicted molar refractivity (Wildman–Crippen MR) is 116 cm³/mol. The zero-order valence-electron chi connectivity index (χ0n) is 15.8. The number of carbonyl (C=O) groups is 1. The molecule has 27 heavy (non-hydrogen) atoms. The number of pyridine rings is 1. The van der Waals surface area contributed by atoms with Crippen molar-refractivity contribution in [3.05, 3.63) is 68.8 Å². The Morgan fingerprint density at radius 3 is 2.59 bits per heavy atom. The topological polar surface area (TPSA) is 59.2 Å². The number of benzene rings is 1. The summed E-state index contributed by atoms with van der Waals surface area (Å²) in [5.74, 6) is -0.381. The molecule has 0 bridgehead atoms. The number of aromatic nitrogens is 1. The first-order chi connectivity index (χ1) is 12.9. The molecule has 1 atom stereocenters. The average molecular weight is 446 g/mol. The minimum absolute atomic E-state index is 0.00440. The highest BCUT2D eigenvalue weighted by Gasteiger charge is 2.38. The number of nitrogens with two attached hydrogens (primary N) is 1. The van der Waals surface area contributed by atoms with Gasteiger partial charge in [-0.15, -0.1) is 0 Å². The monoisotopic (exact) mass is 445 g/mol. The molecular weight excluding hydrogens is 422 g/mol. The molecule has 2 N–H and O–H groups in total. The van der Waals surface area contributed by atoms with Gasteiger partial charge in [-0.25, -0.2) is 0 Å². The third kappa shape index (κ3) is 4.22. The molecule has 2 aromatic rings. The smallest absolute Gasteiger partial charge is 0.257 e. The van der Waals surface area contributed by atoms with Crippen molar-refractivity contribution in [2.24, 2.45) is 5.73 Å². The third-order valence-electron chi connectivity index (χ3n) is 4.49. The minimum atomic E-state index is -0.381. The molecule has 142 valence electrons. The van der Waals surface area contributed by atoms with Crippen LogP contribution in [0.2, 0.25) is 0 Å². The summed E-state index contributed by atoms with van der Waals surface area (Å²) in [7, 11) is 0. The molecule has 0 saturated heterocycles. The Kier molecular flexibility index (Phi) is 6.27.